The fourth-order valence-electron chi connectivity index (χ4n) is 1.28. The third-order valence-corrected chi connectivity index (χ3v) is 2.16. The van der Waals surface area contributed by atoms with Gasteiger partial charge in [-0.2, -0.15) is 4.99 Å². The maximum absolute atomic E-state index is 13.4. The summed E-state index contributed by atoms with van der Waals surface area (Å²) in [5, 5.41) is 0.246. The third-order valence-electron chi connectivity index (χ3n) is 1.93. The SMILES string of the molecule is NC1=NC(=O)C(c2ccc(Cl)cc2F)O1. The van der Waals surface area contributed by atoms with Crippen LogP contribution >= 0.6 is 11.6 Å². The van der Waals surface area contributed by atoms with Crippen LogP contribution in [-0.2, 0) is 9.53 Å². The number of carbonyl (C=O) groups excluding carboxylic acids is 1. The van der Waals surface area contributed by atoms with Gasteiger partial charge in [0.05, 0.1) is 0 Å². The Labute approximate surface area is 89.5 Å². The van der Waals surface area contributed by atoms with Gasteiger partial charge in [-0.25, -0.2) is 4.39 Å². The van der Waals surface area contributed by atoms with Crippen molar-refractivity contribution in [1.82, 2.24) is 0 Å². The van der Waals surface area contributed by atoms with Gasteiger partial charge in [-0.05, 0) is 12.1 Å². The van der Waals surface area contributed by atoms with Crippen molar-refractivity contribution in [1.29, 1.82) is 0 Å². The molecule has 2 N–H and O–H groups in total. The highest BCUT2D eigenvalue weighted by Crippen LogP contribution is 2.27. The lowest BCUT2D eigenvalue weighted by Gasteiger charge is -2.09. The minimum Gasteiger partial charge on any atom is -0.446 e. The maximum Gasteiger partial charge on any atom is 0.296 e. The normalized spacial score (nSPS) is 20.0. The van der Waals surface area contributed by atoms with Gasteiger partial charge in [0.25, 0.3) is 11.9 Å². The van der Waals surface area contributed by atoms with Crippen LogP contribution in [0.1, 0.15) is 11.7 Å². The van der Waals surface area contributed by atoms with Crippen molar-refractivity contribution in [2.45, 2.75) is 6.10 Å². The molecule has 6 heteroatoms. The van der Waals surface area contributed by atoms with Gasteiger partial charge >= 0.3 is 0 Å². The number of benzene rings is 1. The Morgan fingerprint density at radius 1 is 1.53 bits per heavy atom. The number of rotatable bonds is 1. The van der Waals surface area contributed by atoms with E-state index in [2.05, 4.69) is 4.99 Å². The molecule has 0 aromatic heterocycles. The van der Waals surface area contributed by atoms with Gasteiger partial charge in [0.2, 0.25) is 6.10 Å². The molecule has 1 aromatic rings. The zero-order chi connectivity index (χ0) is 11.0. The number of carbonyl (C=O) groups is 1. The van der Waals surface area contributed by atoms with Crippen LogP contribution in [-0.4, -0.2) is 11.9 Å². The molecule has 0 saturated heterocycles. The molecular weight excluding hydrogens is 223 g/mol. The molecule has 0 saturated carbocycles. The molecule has 1 aliphatic rings. The largest absolute Gasteiger partial charge is 0.446 e. The van der Waals surface area contributed by atoms with Gasteiger partial charge in [-0.15, -0.1) is 0 Å². The van der Waals surface area contributed by atoms with E-state index >= 15 is 0 Å². The van der Waals surface area contributed by atoms with Crippen LogP contribution in [0, 0.1) is 5.82 Å². The third kappa shape index (κ3) is 1.78. The zero-order valence-electron chi connectivity index (χ0n) is 7.41. The molecule has 4 nitrogen and oxygen atoms in total. The number of amidine groups is 1. The summed E-state index contributed by atoms with van der Waals surface area (Å²) in [7, 11) is 0. The van der Waals surface area contributed by atoms with E-state index < -0.39 is 17.8 Å². The monoisotopic (exact) mass is 228 g/mol. The predicted molar refractivity (Wildman–Crippen MR) is 51.9 cm³/mol. The van der Waals surface area contributed by atoms with Crippen molar-refractivity contribution in [2.24, 2.45) is 10.7 Å². The van der Waals surface area contributed by atoms with Gasteiger partial charge in [0.1, 0.15) is 5.82 Å². The molecule has 0 spiro atoms. The Balaban J connectivity index is 2.36. The highest BCUT2D eigenvalue weighted by Gasteiger charge is 2.31. The van der Waals surface area contributed by atoms with E-state index in [4.69, 9.17) is 22.1 Å². The van der Waals surface area contributed by atoms with Crippen molar-refractivity contribution in [3.63, 3.8) is 0 Å². The Kier molecular flexibility index (Phi) is 2.32. The molecule has 0 fully saturated rings. The second-order valence-electron chi connectivity index (χ2n) is 2.95. The number of halogens is 2. The average Bonchev–Trinajstić information content (AvgIpc) is 2.45. The second kappa shape index (κ2) is 3.51. The first kappa shape index (κ1) is 9.92. The van der Waals surface area contributed by atoms with E-state index in [9.17, 15) is 9.18 Å². The fourth-order valence-corrected chi connectivity index (χ4v) is 1.43. The number of ether oxygens (including phenoxy) is 1. The van der Waals surface area contributed by atoms with Gasteiger partial charge in [-0.3, -0.25) is 4.79 Å². The minimum atomic E-state index is -1.10. The van der Waals surface area contributed by atoms with Crippen LogP contribution < -0.4 is 5.73 Å². The van der Waals surface area contributed by atoms with Crippen LogP contribution in [0.15, 0.2) is 23.2 Å². The molecule has 1 heterocycles. The Hall–Kier alpha value is -1.62. The summed E-state index contributed by atoms with van der Waals surface area (Å²) in [5.74, 6) is -1.24. The van der Waals surface area contributed by atoms with Gasteiger partial charge in [0.15, 0.2) is 0 Å². The average molecular weight is 229 g/mol. The smallest absolute Gasteiger partial charge is 0.296 e. The van der Waals surface area contributed by atoms with Crippen molar-refractivity contribution in [2.75, 3.05) is 0 Å². The molecule has 78 valence electrons. The molecule has 1 amide bonds. The summed E-state index contributed by atoms with van der Waals surface area (Å²) in [6, 6.07) is 3.68. The molecule has 1 aliphatic heterocycles. The standard InChI is InChI=1S/C9H6ClFN2O2/c10-4-1-2-5(6(11)3-4)7-8(14)13-9(12)15-7/h1-3,7H,(H2,12,13,14). The molecule has 0 bridgehead atoms. The highest BCUT2D eigenvalue weighted by atomic mass is 35.5. The van der Waals surface area contributed by atoms with E-state index in [1.165, 1.54) is 12.1 Å². The highest BCUT2D eigenvalue weighted by molar-refractivity contribution is 6.30. The first-order chi connectivity index (χ1) is 7.08. The number of hydrogen-bond acceptors (Lipinski definition) is 3. The van der Waals surface area contributed by atoms with Crippen molar-refractivity contribution in [3.05, 3.63) is 34.6 Å². The maximum atomic E-state index is 13.4. The Morgan fingerprint density at radius 2 is 2.27 bits per heavy atom. The molecule has 1 aromatic carbocycles. The molecule has 0 aliphatic carbocycles. The van der Waals surface area contributed by atoms with Gasteiger partial charge < -0.3 is 10.5 Å². The first-order valence-corrected chi connectivity index (χ1v) is 4.45. The van der Waals surface area contributed by atoms with Crippen LogP contribution in [0.5, 0.6) is 0 Å². The van der Waals surface area contributed by atoms with Crippen LogP contribution in [0.2, 0.25) is 5.02 Å². The van der Waals surface area contributed by atoms with Crippen molar-refractivity contribution < 1.29 is 13.9 Å². The summed E-state index contributed by atoms with van der Waals surface area (Å²) in [5.41, 5.74) is 5.27. The molecule has 1 unspecified atom stereocenters. The number of nitrogens with zero attached hydrogens (tertiary/aromatic N) is 1. The number of hydrogen-bond donors (Lipinski definition) is 1. The molecule has 0 radical (unpaired) electrons. The summed E-state index contributed by atoms with van der Waals surface area (Å²) in [6.07, 6.45) is -1.10. The number of amides is 1. The first-order valence-electron chi connectivity index (χ1n) is 4.07. The van der Waals surface area contributed by atoms with E-state index in [1.54, 1.807) is 0 Å². The quantitative estimate of drug-likeness (QED) is 0.790. The lowest BCUT2D eigenvalue weighted by Crippen LogP contribution is -2.14. The second-order valence-corrected chi connectivity index (χ2v) is 3.39. The Morgan fingerprint density at radius 3 is 2.80 bits per heavy atom. The van der Waals surface area contributed by atoms with Gasteiger partial charge in [-0.1, -0.05) is 17.7 Å². The zero-order valence-corrected chi connectivity index (χ0v) is 8.16. The van der Waals surface area contributed by atoms with Crippen molar-refractivity contribution >= 4 is 23.5 Å². The van der Waals surface area contributed by atoms with E-state index in [1.807, 2.05) is 0 Å². The number of aliphatic imine (C=N–C) groups is 1. The predicted octanol–water partition coefficient (Wildman–Crippen LogP) is 1.39. The van der Waals surface area contributed by atoms with Crippen molar-refractivity contribution in [3.8, 4) is 0 Å². The van der Waals surface area contributed by atoms with E-state index in [0.29, 0.717) is 0 Å². The van der Waals surface area contributed by atoms with Crippen LogP contribution in [0.25, 0.3) is 0 Å². The lowest BCUT2D eigenvalue weighted by molar-refractivity contribution is -0.123. The number of nitrogens with two attached hydrogens (primary N) is 1. The van der Waals surface area contributed by atoms with Gasteiger partial charge in [0, 0.05) is 10.6 Å². The van der Waals surface area contributed by atoms with E-state index in [-0.39, 0.29) is 16.6 Å². The fraction of sp³-hybridized carbons (Fsp3) is 0.111. The lowest BCUT2D eigenvalue weighted by atomic mass is 10.1. The van der Waals surface area contributed by atoms with Crippen LogP contribution in [0.3, 0.4) is 0 Å². The minimum absolute atomic E-state index is 0.0774. The Bertz CT molecular complexity index is 461. The molecular formula is C9H6ClFN2O2. The summed E-state index contributed by atoms with van der Waals surface area (Å²) >= 11 is 5.57. The molecule has 15 heavy (non-hydrogen) atoms. The molecule has 2 rings (SSSR count). The molecule has 1 atom stereocenters. The summed E-state index contributed by atoms with van der Waals surface area (Å²) in [6.45, 7) is 0. The summed E-state index contributed by atoms with van der Waals surface area (Å²) in [4.78, 5) is 14.6. The summed E-state index contributed by atoms with van der Waals surface area (Å²) < 4.78 is 18.3. The van der Waals surface area contributed by atoms with Crippen LogP contribution in [0.4, 0.5) is 4.39 Å². The van der Waals surface area contributed by atoms with E-state index in [0.717, 1.165) is 6.07 Å². The topological polar surface area (TPSA) is 64.7 Å².